The quantitative estimate of drug-likeness (QED) is 0.841. The van der Waals surface area contributed by atoms with Crippen LogP contribution in [0.25, 0.3) is 0 Å². The zero-order valence-corrected chi connectivity index (χ0v) is 12.6. The summed E-state index contributed by atoms with van der Waals surface area (Å²) >= 11 is 0. The molecule has 1 spiro atoms. The molecule has 1 aliphatic carbocycles. The molecule has 0 bridgehead atoms. The Bertz CT molecular complexity index is 876. The molecule has 6 nitrogen and oxygen atoms in total. The molecule has 2 N–H and O–H groups in total. The number of rotatable bonds is 1. The fourth-order valence-corrected chi connectivity index (χ4v) is 4.06. The summed E-state index contributed by atoms with van der Waals surface area (Å²) in [6.07, 6.45) is -0.361. The summed E-state index contributed by atoms with van der Waals surface area (Å²) in [4.78, 5) is 4.12. The van der Waals surface area contributed by atoms with Crippen molar-refractivity contribution in [1.82, 2.24) is 0 Å². The molecule has 122 valence electrons. The second-order valence-corrected chi connectivity index (χ2v) is 6.26. The first-order valence-electron chi connectivity index (χ1n) is 7.33. The number of nitriles is 2. The van der Waals surface area contributed by atoms with E-state index in [1.54, 1.807) is 6.92 Å². The Labute approximate surface area is 136 Å². The molecule has 2 aliphatic heterocycles. The van der Waals surface area contributed by atoms with Crippen LogP contribution in [-0.4, -0.2) is 24.5 Å². The zero-order valence-electron chi connectivity index (χ0n) is 12.6. The SMILES string of the molecule is CC1COC2(N=C(N)C3(C#N)C(c4ccc(F)cc4F)C23C#N)O1. The molecule has 2 fully saturated rings. The van der Waals surface area contributed by atoms with Crippen LogP contribution in [0.1, 0.15) is 18.4 Å². The maximum Gasteiger partial charge on any atom is 0.293 e. The highest BCUT2D eigenvalue weighted by Crippen LogP contribution is 2.82. The molecule has 0 aromatic heterocycles. The number of nitrogens with zero attached hydrogens (tertiary/aromatic N) is 3. The van der Waals surface area contributed by atoms with Gasteiger partial charge in [-0.25, -0.2) is 13.8 Å². The van der Waals surface area contributed by atoms with Gasteiger partial charge in [-0.1, -0.05) is 6.07 Å². The first-order chi connectivity index (χ1) is 11.4. The number of nitrogens with two attached hydrogens (primary N) is 1. The van der Waals surface area contributed by atoms with Crippen LogP contribution < -0.4 is 5.73 Å². The average molecular weight is 330 g/mol. The molecular formula is C16H12F2N4O2. The van der Waals surface area contributed by atoms with Crippen molar-refractivity contribution >= 4 is 5.84 Å². The van der Waals surface area contributed by atoms with Crippen LogP contribution in [0.5, 0.6) is 0 Å². The van der Waals surface area contributed by atoms with E-state index in [-0.39, 0.29) is 24.1 Å². The van der Waals surface area contributed by atoms with E-state index < -0.39 is 34.3 Å². The fraction of sp³-hybridized carbons (Fsp3) is 0.438. The van der Waals surface area contributed by atoms with Crippen LogP contribution >= 0.6 is 0 Å². The van der Waals surface area contributed by atoms with Gasteiger partial charge in [-0.15, -0.1) is 0 Å². The van der Waals surface area contributed by atoms with Crippen LogP contribution in [0.4, 0.5) is 8.78 Å². The topological polar surface area (TPSA) is 104 Å². The van der Waals surface area contributed by atoms with E-state index >= 15 is 0 Å². The fourth-order valence-electron chi connectivity index (χ4n) is 4.06. The maximum atomic E-state index is 14.3. The van der Waals surface area contributed by atoms with Crippen molar-refractivity contribution in [2.45, 2.75) is 24.9 Å². The minimum atomic E-state index is -1.74. The van der Waals surface area contributed by atoms with E-state index in [1.165, 1.54) is 6.07 Å². The first-order valence-corrected chi connectivity index (χ1v) is 7.33. The molecule has 2 heterocycles. The number of hydrogen-bond acceptors (Lipinski definition) is 6. The minimum Gasteiger partial charge on any atom is -0.386 e. The molecule has 5 unspecified atom stereocenters. The predicted octanol–water partition coefficient (Wildman–Crippen LogP) is 1.54. The third kappa shape index (κ3) is 1.33. The Hall–Kier alpha value is -2.55. The standard InChI is InChI=1S/C16H12F2N4O2/c1-8-5-23-16(24-8)15(7-20)12(14(15,6-19)13(21)22-16)10-3-2-9(17)4-11(10)18/h2-4,8,12H,5H2,1H3,(H2,21,22). The van der Waals surface area contributed by atoms with E-state index in [0.717, 1.165) is 6.07 Å². The van der Waals surface area contributed by atoms with Crippen molar-refractivity contribution in [3.8, 4) is 12.1 Å². The minimum absolute atomic E-state index is 0.0171. The van der Waals surface area contributed by atoms with Gasteiger partial charge in [0.05, 0.1) is 24.8 Å². The van der Waals surface area contributed by atoms with Gasteiger partial charge in [-0.2, -0.15) is 10.5 Å². The third-order valence-electron chi connectivity index (χ3n) is 5.08. The van der Waals surface area contributed by atoms with Crippen LogP contribution in [-0.2, 0) is 9.47 Å². The molecular weight excluding hydrogens is 318 g/mol. The lowest BCUT2D eigenvalue weighted by molar-refractivity contribution is -0.193. The molecule has 1 aromatic carbocycles. The summed E-state index contributed by atoms with van der Waals surface area (Å²) in [5.74, 6) is -4.44. The number of ether oxygens (including phenoxy) is 2. The zero-order chi connectivity index (χ0) is 17.3. The number of halogens is 2. The van der Waals surface area contributed by atoms with Gasteiger partial charge in [0.2, 0.25) is 0 Å². The summed E-state index contributed by atoms with van der Waals surface area (Å²) in [5.41, 5.74) is 2.80. The maximum absolute atomic E-state index is 14.3. The number of benzene rings is 1. The summed E-state index contributed by atoms with van der Waals surface area (Å²) in [6.45, 7) is 1.90. The van der Waals surface area contributed by atoms with E-state index in [1.807, 2.05) is 6.07 Å². The summed E-state index contributed by atoms with van der Waals surface area (Å²) in [7, 11) is 0. The molecule has 3 aliphatic rings. The second-order valence-electron chi connectivity index (χ2n) is 6.26. The van der Waals surface area contributed by atoms with Gasteiger partial charge in [0.1, 0.15) is 22.9 Å². The second kappa shape index (κ2) is 4.29. The van der Waals surface area contributed by atoms with Gasteiger partial charge < -0.3 is 15.2 Å². The predicted molar refractivity (Wildman–Crippen MR) is 76.0 cm³/mol. The van der Waals surface area contributed by atoms with Crippen molar-refractivity contribution in [3.63, 3.8) is 0 Å². The Morgan fingerprint density at radius 2 is 2.08 bits per heavy atom. The molecule has 4 rings (SSSR count). The molecule has 1 saturated carbocycles. The lowest BCUT2D eigenvalue weighted by Crippen LogP contribution is -2.39. The molecule has 1 saturated heterocycles. The smallest absolute Gasteiger partial charge is 0.293 e. The van der Waals surface area contributed by atoms with Crippen molar-refractivity contribution in [2.24, 2.45) is 21.6 Å². The molecule has 8 heteroatoms. The van der Waals surface area contributed by atoms with E-state index in [4.69, 9.17) is 15.2 Å². The number of amidine groups is 1. The summed E-state index contributed by atoms with van der Waals surface area (Å²) in [5, 5.41) is 19.6. The van der Waals surface area contributed by atoms with Gasteiger partial charge >= 0.3 is 0 Å². The normalized spacial score (nSPS) is 42.3. The van der Waals surface area contributed by atoms with E-state index in [2.05, 4.69) is 11.1 Å². The van der Waals surface area contributed by atoms with Crippen LogP contribution in [0.3, 0.4) is 0 Å². The van der Waals surface area contributed by atoms with Crippen LogP contribution in [0, 0.1) is 45.1 Å². The lowest BCUT2D eigenvalue weighted by atomic mass is 9.93. The molecule has 1 aromatic rings. The molecule has 0 radical (unpaired) electrons. The van der Waals surface area contributed by atoms with Gasteiger partial charge in [-0.05, 0) is 18.6 Å². The van der Waals surface area contributed by atoms with Crippen molar-refractivity contribution in [1.29, 1.82) is 10.5 Å². The lowest BCUT2D eigenvalue weighted by Gasteiger charge is -2.26. The highest BCUT2D eigenvalue weighted by Gasteiger charge is 2.94. The van der Waals surface area contributed by atoms with Gasteiger partial charge in [0, 0.05) is 12.0 Å². The van der Waals surface area contributed by atoms with Crippen molar-refractivity contribution in [2.75, 3.05) is 6.61 Å². The number of hydrogen-bond donors (Lipinski definition) is 1. The number of aliphatic imine (C=N–C) groups is 1. The van der Waals surface area contributed by atoms with Crippen LogP contribution in [0.15, 0.2) is 23.2 Å². The summed E-state index contributed by atoms with van der Waals surface area (Å²) in [6, 6.07) is 7.06. The highest BCUT2D eigenvalue weighted by atomic mass is 19.1. The largest absolute Gasteiger partial charge is 0.386 e. The highest BCUT2D eigenvalue weighted by molar-refractivity contribution is 6.00. The molecule has 0 amide bonds. The van der Waals surface area contributed by atoms with Crippen molar-refractivity contribution < 1.29 is 18.3 Å². The Morgan fingerprint density at radius 3 is 2.62 bits per heavy atom. The Morgan fingerprint density at radius 1 is 1.33 bits per heavy atom. The average Bonchev–Trinajstić information content (AvgIpc) is 2.90. The van der Waals surface area contributed by atoms with E-state index in [0.29, 0.717) is 6.07 Å². The number of fused-ring (bicyclic) bond motifs is 2. The van der Waals surface area contributed by atoms with Gasteiger partial charge in [-0.3, -0.25) is 0 Å². The van der Waals surface area contributed by atoms with Crippen LogP contribution in [0.2, 0.25) is 0 Å². The van der Waals surface area contributed by atoms with Crippen molar-refractivity contribution in [3.05, 3.63) is 35.4 Å². The monoisotopic (exact) mass is 330 g/mol. The Balaban J connectivity index is 1.94. The van der Waals surface area contributed by atoms with Gasteiger partial charge in [0.25, 0.3) is 5.91 Å². The first kappa shape index (κ1) is 15.0. The van der Waals surface area contributed by atoms with E-state index in [9.17, 15) is 19.3 Å². The van der Waals surface area contributed by atoms with Gasteiger partial charge in [0.15, 0.2) is 5.41 Å². The molecule has 24 heavy (non-hydrogen) atoms. The Kier molecular flexibility index (Phi) is 2.68. The molecule has 5 atom stereocenters. The summed E-state index contributed by atoms with van der Waals surface area (Å²) < 4.78 is 38.9. The third-order valence-corrected chi connectivity index (χ3v) is 5.08.